The Balaban J connectivity index is 0.00000162. The molecule has 0 atom stereocenters. The maximum atomic E-state index is 11.5. The highest BCUT2D eigenvalue weighted by Crippen LogP contribution is 2.30. The van der Waals surface area contributed by atoms with Crippen LogP contribution >= 0.6 is 0 Å². The molecule has 1 aliphatic rings. The lowest BCUT2D eigenvalue weighted by atomic mass is 10.1. The number of nitrogens with one attached hydrogen (secondary N) is 1. The highest BCUT2D eigenvalue weighted by Gasteiger charge is 2.29. The molecule has 2 heteroatoms. The molecule has 2 rings (SSSR count). The molecule has 1 amide bonds. The van der Waals surface area contributed by atoms with Crippen molar-refractivity contribution in [2.24, 2.45) is 11.8 Å². The molecule has 1 aliphatic carbocycles. The fraction of sp³-hybridized carbons (Fsp3) is 0.400. The first kappa shape index (κ1) is 11.7. The van der Waals surface area contributed by atoms with Crippen LogP contribution in [0.2, 0.25) is 0 Å². The van der Waals surface area contributed by atoms with Crippen molar-refractivity contribution in [3.63, 3.8) is 0 Å². The Kier molecular flexibility index (Phi) is 3.49. The summed E-state index contributed by atoms with van der Waals surface area (Å²) >= 11 is 0. The molecular formula is C15H19NO. The van der Waals surface area contributed by atoms with Crippen LogP contribution in [0.3, 0.4) is 0 Å². The molecule has 1 aromatic rings. The molecule has 17 heavy (non-hydrogen) atoms. The van der Waals surface area contributed by atoms with Crippen LogP contribution in [-0.2, 0) is 4.79 Å². The average molecular weight is 229 g/mol. The van der Waals surface area contributed by atoms with Gasteiger partial charge in [0.1, 0.15) is 0 Å². The van der Waals surface area contributed by atoms with Crippen LogP contribution in [0.15, 0.2) is 24.3 Å². The Morgan fingerprint density at radius 1 is 1.35 bits per heavy atom. The third kappa shape index (κ3) is 3.64. The SMILES string of the molecule is CC(C)C#Cc1ccc(NC(=O)C2CC2)cc1.[HH]. The maximum absolute atomic E-state index is 11.5. The van der Waals surface area contributed by atoms with E-state index in [1.54, 1.807) is 0 Å². The van der Waals surface area contributed by atoms with Crippen molar-refractivity contribution in [2.45, 2.75) is 26.7 Å². The van der Waals surface area contributed by atoms with E-state index in [9.17, 15) is 4.79 Å². The zero-order valence-corrected chi connectivity index (χ0v) is 10.3. The van der Waals surface area contributed by atoms with E-state index in [0.717, 1.165) is 24.1 Å². The van der Waals surface area contributed by atoms with Gasteiger partial charge in [0, 0.05) is 24.5 Å². The number of carbonyl (C=O) groups excluding carboxylic acids is 1. The van der Waals surface area contributed by atoms with E-state index in [1.165, 1.54) is 0 Å². The second-order valence-corrected chi connectivity index (χ2v) is 4.76. The van der Waals surface area contributed by atoms with E-state index in [4.69, 9.17) is 0 Å². The van der Waals surface area contributed by atoms with Gasteiger partial charge in [0.05, 0.1) is 0 Å². The molecule has 0 radical (unpaired) electrons. The van der Waals surface area contributed by atoms with E-state index in [-0.39, 0.29) is 13.3 Å². The molecule has 0 bridgehead atoms. The van der Waals surface area contributed by atoms with Crippen LogP contribution < -0.4 is 5.32 Å². The molecule has 0 aliphatic heterocycles. The number of hydrogen-bond acceptors (Lipinski definition) is 1. The molecule has 0 spiro atoms. The lowest BCUT2D eigenvalue weighted by Gasteiger charge is -2.03. The Morgan fingerprint density at radius 2 is 2.00 bits per heavy atom. The van der Waals surface area contributed by atoms with E-state index in [0.29, 0.717) is 5.92 Å². The van der Waals surface area contributed by atoms with Crippen molar-refractivity contribution in [3.05, 3.63) is 29.8 Å². The van der Waals surface area contributed by atoms with Gasteiger partial charge in [0.25, 0.3) is 0 Å². The minimum Gasteiger partial charge on any atom is -0.326 e. The number of anilines is 1. The first-order valence-corrected chi connectivity index (χ1v) is 6.07. The van der Waals surface area contributed by atoms with Gasteiger partial charge in [-0.1, -0.05) is 25.7 Å². The standard InChI is InChI=1S/C15H17NO.H2/c1-11(2)3-4-12-5-9-14(10-6-12)16-15(17)13-7-8-13;/h5-6,9-11,13H,7-8H2,1-2H3,(H,16,17);1H. The summed E-state index contributed by atoms with van der Waals surface area (Å²) in [5, 5.41) is 2.91. The summed E-state index contributed by atoms with van der Waals surface area (Å²) in [7, 11) is 0. The van der Waals surface area contributed by atoms with Gasteiger partial charge in [-0.25, -0.2) is 0 Å². The number of hydrogen-bond donors (Lipinski definition) is 1. The summed E-state index contributed by atoms with van der Waals surface area (Å²) in [6.45, 7) is 4.13. The largest absolute Gasteiger partial charge is 0.326 e. The van der Waals surface area contributed by atoms with E-state index in [1.807, 2.05) is 24.3 Å². The van der Waals surface area contributed by atoms with Crippen molar-refractivity contribution in [3.8, 4) is 11.8 Å². The summed E-state index contributed by atoms with van der Waals surface area (Å²) in [6.07, 6.45) is 2.06. The van der Waals surface area contributed by atoms with Crippen molar-refractivity contribution >= 4 is 11.6 Å². The van der Waals surface area contributed by atoms with Gasteiger partial charge in [-0.3, -0.25) is 4.79 Å². The summed E-state index contributed by atoms with van der Waals surface area (Å²) < 4.78 is 0. The van der Waals surface area contributed by atoms with E-state index in [2.05, 4.69) is 31.0 Å². The smallest absolute Gasteiger partial charge is 0.227 e. The predicted octanol–water partition coefficient (Wildman–Crippen LogP) is 3.29. The molecule has 2 nitrogen and oxygen atoms in total. The van der Waals surface area contributed by atoms with E-state index < -0.39 is 0 Å². The lowest BCUT2D eigenvalue weighted by molar-refractivity contribution is -0.117. The topological polar surface area (TPSA) is 29.1 Å². The summed E-state index contributed by atoms with van der Waals surface area (Å²) in [6, 6.07) is 7.70. The first-order valence-electron chi connectivity index (χ1n) is 6.07. The second-order valence-electron chi connectivity index (χ2n) is 4.76. The highest BCUT2D eigenvalue weighted by molar-refractivity contribution is 5.94. The van der Waals surface area contributed by atoms with Gasteiger partial charge in [-0.05, 0) is 37.1 Å². The Morgan fingerprint density at radius 3 is 2.53 bits per heavy atom. The van der Waals surface area contributed by atoms with Crippen molar-refractivity contribution < 1.29 is 6.22 Å². The second kappa shape index (κ2) is 5.05. The normalized spacial score (nSPS) is 14.1. The monoisotopic (exact) mass is 229 g/mol. The number of rotatable bonds is 2. The van der Waals surface area contributed by atoms with Crippen LogP contribution in [0.5, 0.6) is 0 Å². The van der Waals surface area contributed by atoms with Gasteiger partial charge in [-0.15, -0.1) is 0 Å². The lowest BCUT2D eigenvalue weighted by Crippen LogP contribution is -2.12. The number of amides is 1. The highest BCUT2D eigenvalue weighted by atomic mass is 16.2. The maximum Gasteiger partial charge on any atom is 0.227 e. The quantitative estimate of drug-likeness (QED) is 0.775. The molecule has 90 valence electrons. The Labute approximate surface area is 104 Å². The number of benzene rings is 1. The minimum atomic E-state index is 0. The van der Waals surface area contributed by atoms with Crippen molar-refractivity contribution in [1.29, 1.82) is 0 Å². The fourth-order valence-corrected chi connectivity index (χ4v) is 1.45. The van der Waals surface area contributed by atoms with Gasteiger partial charge >= 0.3 is 0 Å². The summed E-state index contributed by atoms with van der Waals surface area (Å²) in [5.74, 6) is 6.98. The minimum absolute atomic E-state index is 0. The van der Waals surface area contributed by atoms with Crippen LogP contribution in [0, 0.1) is 23.7 Å². The molecule has 1 saturated carbocycles. The van der Waals surface area contributed by atoms with Crippen molar-refractivity contribution in [2.75, 3.05) is 5.32 Å². The predicted molar refractivity (Wildman–Crippen MR) is 71.6 cm³/mol. The molecule has 0 saturated heterocycles. The van der Waals surface area contributed by atoms with Gasteiger partial charge in [-0.2, -0.15) is 0 Å². The fourth-order valence-electron chi connectivity index (χ4n) is 1.45. The summed E-state index contributed by atoms with van der Waals surface area (Å²) in [5.41, 5.74) is 1.85. The molecule has 0 aromatic heterocycles. The van der Waals surface area contributed by atoms with Crippen LogP contribution in [0.4, 0.5) is 5.69 Å². The first-order chi connectivity index (χ1) is 8.15. The molecule has 0 heterocycles. The van der Waals surface area contributed by atoms with Crippen LogP contribution in [0.1, 0.15) is 33.7 Å². The Hall–Kier alpha value is -1.75. The molecule has 1 aromatic carbocycles. The summed E-state index contributed by atoms with van der Waals surface area (Å²) in [4.78, 5) is 11.5. The van der Waals surface area contributed by atoms with Crippen molar-refractivity contribution in [1.82, 2.24) is 0 Å². The van der Waals surface area contributed by atoms with Gasteiger partial charge in [0.15, 0.2) is 0 Å². The van der Waals surface area contributed by atoms with E-state index >= 15 is 0 Å². The van der Waals surface area contributed by atoms with Crippen LogP contribution in [-0.4, -0.2) is 5.91 Å². The average Bonchev–Trinajstić information content (AvgIpc) is 3.12. The zero-order valence-electron chi connectivity index (χ0n) is 10.3. The molecule has 1 fully saturated rings. The third-order valence-corrected chi connectivity index (χ3v) is 2.61. The van der Waals surface area contributed by atoms with Crippen LogP contribution in [0.25, 0.3) is 0 Å². The third-order valence-electron chi connectivity index (χ3n) is 2.61. The molecule has 1 N–H and O–H groups in total. The number of carbonyl (C=O) groups is 1. The Bertz CT molecular complexity index is 464. The van der Waals surface area contributed by atoms with Gasteiger partial charge in [0.2, 0.25) is 5.91 Å². The van der Waals surface area contributed by atoms with Gasteiger partial charge < -0.3 is 5.32 Å². The molecular weight excluding hydrogens is 210 g/mol. The molecule has 0 unspecified atom stereocenters. The zero-order chi connectivity index (χ0) is 12.3.